The average molecular weight is 418 g/mol. The van der Waals surface area contributed by atoms with Crippen molar-refractivity contribution in [2.45, 2.75) is 43.9 Å². The maximum Gasteiger partial charge on any atom is 0.255 e. The second-order valence-corrected chi connectivity index (χ2v) is 8.77. The first kappa shape index (κ1) is 19.9. The molecule has 3 N–H and O–H groups in total. The molecule has 0 spiro atoms. The maximum absolute atomic E-state index is 13.0. The number of carbonyl (C=O) groups excluding carboxylic acids is 3. The zero-order valence-corrected chi connectivity index (χ0v) is 17.3. The predicted molar refractivity (Wildman–Crippen MR) is 115 cm³/mol. The van der Waals surface area contributed by atoms with Gasteiger partial charge in [0.1, 0.15) is 6.04 Å². The fourth-order valence-electron chi connectivity index (χ4n) is 5.05. The van der Waals surface area contributed by atoms with Crippen molar-refractivity contribution in [2.75, 3.05) is 13.1 Å². The SMILES string of the molecule is N[C@@H]1CN(Cc2ccc3c(c2)C(=O)N(C2CCC(=O)NC2=O)C3)C[C@H]1c1ccccc1. The van der Waals surface area contributed by atoms with Gasteiger partial charge in [-0.15, -0.1) is 0 Å². The molecule has 2 aromatic carbocycles. The molecule has 3 aliphatic heterocycles. The number of nitrogens with two attached hydrogens (primary N) is 1. The molecule has 0 aliphatic carbocycles. The molecule has 2 saturated heterocycles. The molecule has 0 aromatic heterocycles. The lowest BCUT2D eigenvalue weighted by Gasteiger charge is -2.29. The van der Waals surface area contributed by atoms with Crippen LogP contribution >= 0.6 is 0 Å². The summed E-state index contributed by atoms with van der Waals surface area (Å²) in [5.41, 5.74) is 10.3. The molecule has 160 valence electrons. The molecular formula is C24H26N4O3. The van der Waals surface area contributed by atoms with E-state index >= 15 is 0 Å². The third kappa shape index (κ3) is 3.75. The Balaban J connectivity index is 1.28. The first-order valence-electron chi connectivity index (χ1n) is 10.8. The minimum absolute atomic E-state index is 0.0847. The van der Waals surface area contributed by atoms with Crippen LogP contribution in [-0.2, 0) is 22.7 Å². The van der Waals surface area contributed by atoms with Crippen LogP contribution in [0, 0.1) is 0 Å². The Morgan fingerprint density at radius 1 is 1.03 bits per heavy atom. The van der Waals surface area contributed by atoms with Crippen molar-refractivity contribution in [3.05, 3.63) is 70.8 Å². The highest BCUT2D eigenvalue weighted by molar-refractivity contribution is 6.05. The Hall–Kier alpha value is -3.03. The Kier molecular flexibility index (Phi) is 5.08. The van der Waals surface area contributed by atoms with Gasteiger partial charge >= 0.3 is 0 Å². The van der Waals surface area contributed by atoms with E-state index in [1.165, 1.54) is 5.56 Å². The number of benzene rings is 2. The lowest BCUT2D eigenvalue weighted by molar-refractivity contribution is -0.136. The third-order valence-corrected chi connectivity index (χ3v) is 6.67. The molecule has 0 saturated carbocycles. The summed E-state index contributed by atoms with van der Waals surface area (Å²) in [5.74, 6) is -0.479. The Labute approximate surface area is 181 Å². The fourth-order valence-corrected chi connectivity index (χ4v) is 5.05. The van der Waals surface area contributed by atoms with Gasteiger partial charge in [0.25, 0.3) is 5.91 Å². The number of hydrogen-bond donors (Lipinski definition) is 2. The Morgan fingerprint density at radius 2 is 1.84 bits per heavy atom. The Bertz CT molecular complexity index is 1040. The van der Waals surface area contributed by atoms with Gasteiger partial charge in [-0.25, -0.2) is 0 Å². The number of imide groups is 1. The number of hydrogen-bond acceptors (Lipinski definition) is 5. The average Bonchev–Trinajstić information content (AvgIpc) is 3.28. The predicted octanol–water partition coefficient (Wildman–Crippen LogP) is 1.37. The van der Waals surface area contributed by atoms with E-state index in [0.717, 1.165) is 30.8 Å². The van der Waals surface area contributed by atoms with E-state index in [-0.39, 0.29) is 30.2 Å². The monoisotopic (exact) mass is 418 g/mol. The maximum atomic E-state index is 13.0. The largest absolute Gasteiger partial charge is 0.326 e. The summed E-state index contributed by atoms with van der Waals surface area (Å²) < 4.78 is 0. The van der Waals surface area contributed by atoms with Gasteiger partial charge in [-0.05, 0) is 29.2 Å². The highest BCUT2D eigenvalue weighted by atomic mass is 16.2. The van der Waals surface area contributed by atoms with Crippen molar-refractivity contribution in [1.29, 1.82) is 0 Å². The molecule has 7 heteroatoms. The molecule has 0 radical (unpaired) electrons. The first-order chi connectivity index (χ1) is 15.0. The van der Waals surface area contributed by atoms with Crippen LogP contribution in [0.2, 0.25) is 0 Å². The summed E-state index contributed by atoms with van der Waals surface area (Å²) in [5, 5.41) is 2.34. The quantitative estimate of drug-likeness (QED) is 0.732. The van der Waals surface area contributed by atoms with E-state index in [4.69, 9.17) is 5.73 Å². The molecule has 3 heterocycles. The van der Waals surface area contributed by atoms with Gasteiger partial charge < -0.3 is 10.6 Å². The summed E-state index contributed by atoms with van der Waals surface area (Å²) in [6.45, 7) is 2.84. The number of rotatable bonds is 4. The number of nitrogens with zero attached hydrogens (tertiary/aromatic N) is 2. The minimum atomic E-state index is -0.579. The molecule has 3 amide bonds. The van der Waals surface area contributed by atoms with E-state index in [2.05, 4.69) is 28.4 Å². The molecular weight excluding hydrogens is 392 g/mol. The van der Waals surface area contributed by atoms with E-state index in [1.807, 2.05) is 30.3 Å². The van der Waals surface area contributed by atoms with Crippen LogP contribution in [0.5, 0.6) is 0 Å². The molecule has 1 unspecified atom stereocenters. The molecule has 3 aliphatic rings. The molecule has 5 rings (SSSR count). The second kappa shape index (κ2) is 7.90. The summed E-state index contributed by atoms with van der Waals surface area (Å²) >= 11 is 0. The van der Waals surface area contributed by atoms with Crippen LogP contribution in [0.3, 0.4) is 0 Å². The number of nitrogens with one attached hydrogen (secondary N) is 1. The number of piperidine rings is 1. The van der Waals surface area contributed by atoms with Gasteiger partial charge in [0, 0.05) is 50.1 Å². The van der Waals surface area contributed by atoms with Gasteiger partial charge in [-0.1, -0.05) is 42.5 Å². The van der Waals surface area contributed by atoms with Crippen LogP contribution in [0.4, 0.5) is 0 Å². The van der Waals surface area contributed by atoms with Crippen molar-refractivity contribution in [2.24, 2.45) is 5.73 Å². The number of likely N-dealkylation sites (tertiary alicyclic amines) is 1. The van der Waals surface area contributed by atoms with Crippen LogP contribution in [-0.4, -0.2) is 52.7 Å². The van der Waals surface area contributed by atoms with E-state index < -0.39 is 6.04 Å². The number of carbonyl (C=O) groups is 3. The van der Waals surface area contributed by atoms with Crippen LogP contribution in [0.1, 0.15) is 45.8 Å². The van der Waals surface area contributed by atoms with Crippen LogP contribution in [0.25, 0.3) is 0 Å². The number of amides is 3. The van der Waals surface area contributed by atoms with Crippen molar-refractivity contribution in [3.8, 4) is 0 Å². The number of fused-ring (bicyclic) bond motifs is 1. The Morgan fingerprint density at radius 3 is 2.61 bits per heavy atom. The highest BCUT2D eigenvalue weighted by Crippen LogP contribution is 2.30. The van der Waals surface area contributed by atoms with Gasteiger partial charge in [0.2, 0.25) is 11.8 Å². The molecule has 2 fully saturated rings. The van der Waals surface area contributed by atoms with Gasteiger partial charge in [0.15, 0.2) is 0 Å². The first-order valence-corrected chi connectivity index (χ1v) is 10.8. The normalized spacial score (nSPS) is 26.3. The summed E-state index contributed by atoms with van der Waals surface area (Å²) in [6, 6.07) is 15.9. The van der Waals surface area contributed by atoms with Crippen molar-refractivity contribution < 1.29 is 14.4 Å². The molecule has 3 atom stereocenters. The van der Waals surface area contributed by atoms with E-state index in [9.17, 15) is 14.4 Å². The third-order valence-electron chi connectivity index (χ3n) is 6.67. The fraction of sp³-hybridized carbons (Fsp3) is 0.375. The van der Waals surface area contributed by atoms with Crippen molar-refractivity contribution >= 4 is 17.7 Å². The summed E-state index contributed by atoms with van der Waals surface area (Å²) in [6.07, 6.45) is 0.642. The second-order valence-electron chi connectivity index (χ2n) is 8.77. The molecule has 31 heavy (non-hydrogen) atoms. The topological polar surface area (TPSA) is 95.7 Å². The van der Waals surface area contributed by atoms with Crippen molar-refractivity contribution in [1.82, 2.24) is 15.1 Å². The summed E-state index contributed by atoms with van der Waals surface area (Å²) in [4.78, 5) is 40.6. The van der Waals surface area contributed by atoms with Crippen LogP contribution < -0.4 is 11.1 Å². The summed E-state index contributed by atoms with van der Waals surface area (Å²) in [7, 11) is 0. The smallest absolute Gasteiger partial charge is 0.255 e. The lowest BCUT2D eigenvalue weighted by Crippen LogP contribution is -2.52. The molecule has 2 aromatic rings. The standard InChI is InChI=1S/C24H26N4O3/c25-20-14-27(13-19(20)16-4-2-1-3-5-16)11-15-6-7-17-12-28(24(31)18(17)10-15)21-8-9-22(29)26-23(21)30/h1-7,10,19-21H,8-9,11-14,25H2,(H,26,29,30)/t19-,20+,21?/m0/s1. The highest BCUT2D eigenvalue weighted by Gasteiger charge is 2.39. The zero-order valence-electron chi connectivity index (χ0n) is 17.3. The van der Waals surface area contributed by atoms with E-state index in [0.29, 0.717) is 24.4 Å². The van der Waals surface area contributed by atoms with Crippen LogP contribution in [0.15, 0.2) is 48.5 Å². The van der Waals surface area contributed by atoms with Crippen molar-refractivity contribution in [3.63, 3.8) is 0 Å². The lowest BCUT2D eigenvalue weighted by atomic mass is 9.95. The molecule has 0 bridgehead atoms. The molecule has 7 nitrogen and oxygen atoms in total. The van der Waals surface area contributed by atoms with E-state index in [1.54, 1.807) is 4.90 Å². The van der Waals surface area contributed by atoms with Gasteiger partial charge in [-0.3, -0.25) is 24.6 Å². The van der Waals surface area contributed by atoms with Gasteiger partial charge in [0.05, 0.1) is 0 Å². The minimum Gasteiger partial charge on any atom is -0.326 e. The zero-order chi connectivity index (χ0) is 21.5. The van der Waals surface area contributed by atoms with Gasteiger partial charge in [-0.2, -0.15) is 0 Å².